The predicted molar refractivity (Wildman–Crippen MR) is 59.5 cm³/mol. The Hall–Kier alpha value is -1.31. The van der Waals surface area contributed by atoms with E-state index in [1.807, 2.05) is 6.20 Å². The van der Waals surface area contributed by atoms with Crippen molar-refractivity contribution in [1.29, 1.82) is 0 Å². The number of benzene rings is 1. The SMILES string of the molecule is CCc1cccc2cnn(C(C)C)c12. The third-order valence-electron chi connectivity index (χ3n) is 2.57. The number of aryl methyl sites for hydroxylation is 1. The summed E-state index contributed by atoms with van der Waals surface area (Å²) in [6.07, 6.45) is 3.02. The summed E-state index contributed by atoms with van der Waals surface area (Å²) in [5, 5.41) is 5.67. The Balaban J connectivity index is 2.74. The smallest absolute Gasteiger partial charge is 0.0717 e. The van der Waals surface area contributed by atoms with Gasteiger partial charge >= 0.3 is 0 Å². The van der Waals surface area contributed by atoms with Crippen molar-refractivity contribution in [3.05, 3.63) is 30.0 Å². The van der Waals surface area contributed by atoms with Gasteiger partial charge in [-0.05, 0) is 25.8 Å². The van der Waals surface area contributed by atoms with Gasteiger partial charge in [-0.2, -0.15) is 5.10 Å². The van der Waals surface area contributed by atoms with E-state index < -0.39 is 0 Å². The molecule has 2 nitrogen and oxygen atoms in total. The second-order valence-electron chi connectivity index (χ2n) is 3.89. The van der Waals surface area contributed by atoms with Gasteiger partial charge < -0.3 is 0 Å². The lowest BCUT2D eigenvalue weighted by molar-refractivity contribution is 0.549. The molecule has 0 aliphatic carbocycles. The third kappa shape index (κ3) is 1.31. The molecular formula is C12H16N2. The zero-order valence-electron chi connectivity index (χ0n) is 8.99. The fourth-order valence-electron chi connectivity index (χ4n) is 1.85. The highest BCUT2D eigenvalue weighted by atomic mass is 15.3. The van der Waals surface area contributed by atoms with Crippen LogP contribution in [0, 0.1) is 0 Å². The molecule has 0 unspecified atom stereocenters. The van der Waals surface area contributed by atoms with E-state index in [1.54, 1.807) is 0 Å². The molecule has 0 spiro atoms. The monoisotopic (exact) mass is 188 g/mol. The van der Waals surface area contributed by atoms with Gasteiger partial charge in [-0.3, -0.25) is 4.68 Å². The van der Waals surface area contributed by atoms with Gasteiger partial charge in [0.15, 0.2) is 0 Å². The van der Waals surface area contributed by atoms with Crippen LogP contribution in [0.15, 0.2) is 24.4 Å². The Morgan fingerprint density at radius 3 is 2.79 bits per heavy atom. The summed E-state index contributed by atoms with van der Waals surface area (Å²) in [6.45, 7) is 6.52. The first-order valence-corrected chi connectivity index (χ1v) is 5.19. The lowest BCUT2D eigenvalue weighted by Crippen LogP contribution is -2.03. The van der Waals surface area contributed by atoms with E-state index in [9.17, 15) is 0 Å². The Bertz CT molecular complexity index is 441. The molecule has 0 aliphatic rings. The topological polar surface area (TPSA) is 17.8 Å². The van der Waals surface area contributed by atoms with Gasteiger partial charge in [0.25, 0.3) is 0 Å². The molecule has 74 valence electrons. The minimum Gasteiger partial charge on any atom is -0.262 e. The van der Waals surface area contributed by atoms with E-state index in [0.717, 1.165) is 6.42 Å². The number of nitrogens with zero attached hydrogens (tertiary/aromatic N) is 2. The normalized spacial score (nSPS) is 11.4. The molecule has 2 rings (SSSR count). The van der Waals surface area contributed by atoms with Crippen LogP contribution in [0.25, 0.3) is 10.9 Å². The highest BCUT2D eigenvalue weighted by molar-refractivity contribution is 5.82. The second-order valence-corrected chi connectivity index (χ2v) is 3.89. The number of fused-ring (bicyclic) bond motifs is 1. The van der Waals surface area contributed by atoms with Crippen molar-refractivity contribution in [1.82, 2.24) is 9.78 Å². The van der Waals surface area contributed by atoms with Gasteiger partial charge in [0, 0.05) is 11.4 Å². The Morgan fingerprint density at radius 2 is 2.14 bits per heavy atom. The zero-order valence-corrected chi connectivity index (χ0v) is 8.99. The molecule has 0 saturated carbocycles. The maximum absolute atomic E-state index is 4.42. The van der Waals surface area contributed by atoms with Crippen molar-refractivity contribution in [2.75, 3.05) is 0 Å². The van der Waals surface area contributed by atoms with Gasteiger partial charge in [-0.1, -0.05) is 25.1 Å². The number of aromatic nitrogens is 2. The van der Waals surface area contributed by atoms with Crippen LogP contribution in [0.5, 0.6) is 0 Å². The van der Waals surface area contributed by atoms with E-state index in [1.165, 1.54) is 16.5 Å². The molecular weight excluding hydrogens is 172 g/mol. The van der Waals surface area contributed by atoms with Crippen molar-refractivity contribution >= 4 is 10.9 Å². The van der Waals surface area contributed by atoms with Gasteiger partial charge in [0.1, 0.15) is 0 Å². The van der Waals surface area contributed by atoms with Crippen molar-refractivity contribution in [3.63, 3.8) is 0 Å². The Labute approximate surface area is 84.5 Å². The molecule has 14 heavy (non-hydrogen) atoms. The largest absolute Gasteiger partial charge is 0.262 e. The van der Waals surface area contributed by atoms with E-state index >= 15 is 0 Å². The molecule has 2 heteroatoms. The minimum absolute atomic E-state index is 0.431. The summed E-state index contributed by atoms with van der Waals surface area (Å²) < 4.78 is 2.11. The summed E-state index contributed by atoms with van der Waals surface area (Å²) in [6, 6.07) is 6.84. The number of rotatable bonds is 2. The molecule has 1 aromatic heterocycles. The van der Waals surface area contributed by atoms with Crippen LogP contribution in [-0.4, -0.2) is 9.78 Å². The molecule has 0 amide bonds. The van der Waals surface area contributed by atoms with Gasteiger partial charge in [0.05, 0.1) is 11.7 Å². The van der Waals surface area contributed by atoms with Crippen LogP contribution in [0.4, 0.5) is 0 Å². The number of hydrogen-bond acceptors (Lipinski definition) is 1. The summed E-state index contributed by atoms with van der Waals surface area (Å²) in [5.74, 6) is 0. The molecule has 1 heterocycles. The maximum atomic E-state index is 4.42. The highest BCUT2D eigenvalue weighted by Gasteiger charge is 2.08. The summed E-state index contributed by atoms with van der Waals surface area (Å²) >= 11 is 0. The van der Waals surface area contributed by atoms with Gasteiger partial charge in [-0.15, -0.1) is 0 Å². The predicted octanol–water partition coefficient (Wildman–Crippen LogP) is 3.18. The van der Waals surface area contributed by atoms with Crippen LogP contribution >= 0.6 is 0 Å². The molecule has 0 radical (unpaired) electrons. The summed E-state index contributed by atoms with van der Waals surface area (Å²) in [4.78, 5) is 0. The number of para-hydroxylation sites is 1. The fraction of sp³-hybridized carbons (Fsp3) is 0.417. The zero-order chi connectivity index (χ0) is 10.1. The minimum atomic E-state index is 0.431. The molecule has 2 aromatic rings. The summed E-state index contributed by atoms with van der Waals surface area (Å²) in [5.41, 5.74) is 2.68. The summed E-state index contributed by atoms with van der Waals surface area (Å²) in [7, 11) is 0. The van der Waals surface area contributed by atoms with E-state index in [0.29, 0.717) is 6.04 Å². The lowest BCUT2D eigenvalue weighted by atomic mass is 10.1. The van der Waals surface area contributed by atoms with Gasteiger partial charge in [-0.25, -0.2) is 0 Å². The average molecular weight is 188 g/mol. The Kier molecular flexibility index (Phi) is 2.28. The molecule has 0 aliphatic heterocycles. The molecule has 1 aromatic carbocycles. The molecule has 0 fully saturated rings. The van der Waals surface area contributed by atoms with E-state index in [-0.39, 0.29) is 0 Å². The quantitative estimate of drug-likeness (QED) is 0.707. The van der Waals surface area contributed by atoms with Crippen LogP contribution in [-0.2, 0) is 6.42 Å². The van der Waals surface area contributed by atoms with E-state index in [2.05, 4.69) is 48.8 Å². The number of hydrogen-bond donors (Lipinski definition) is 0. The first kappa shape index (κ1) is 9.25. The standard InChI is InChI=1S/C12H16N2/c1-4-10-6-5-7-11-8-13-14(9(2)3)12(10)11/h5-9H,4H2,1-3H3. The van der Waals surface area contributed by atoms with Crippen LogP contribution in [0.2, 0.25) is 0 Å². The van der Waals surface area contributed by atoms with Crippen molar-refractivity contribution < 1.29 is 0 Å². The molecule has 0 bridgehead atoms. The average Bonchev–Trinajstić information content (AvgIpc) is 2.60. The fourth-order valence-corrected chi connectivity index (χ4v) is 1.85. The second kappa shape index (κ2) is 3.45. The van der Waals surface area contributed by atoms with Crippen LogP contribution in [0.3, 0.4) is 0 Å². The highest BCUT2D eigenvalue weighted by Crippen LogP contribution is 2.21. The Morgan fingerprint density at radius 1 is 1.36 bits per heavy atom. The van der Waals surface area contributed by atoms with E-state index in [4.69, 9.17) is 0 Å². The van der Waals surface area contributed by atoms with Gasteiger partial charge in [0.2, 0.25) is 0 Å². The van der Waals surface area contributed by atoms with Crippen LogP contribution < -0.4 is 0 Å². The molecule has 0 N–H and O–H groups in total. The van der Waals surface area contributed by atoms with Crippen molar-refractivity contribution in [2.45, 2.75) is 33.2 Å². The maximum Gasteiger partial charge on any atom is 0.0717 e. The first-order valence-electron chi connectivity index (χ1n) is 5.19. The molecule has 0 saturated heterocycles. The molecule has 0 atom stereocenters. The lowest BCUT2D eigenvalue weighted by Gasteiger charge is -2.09. The first-order chi connectivity index (χ1) is 6.74. The van der Waals surface area contributed by atoms with Crippen LogP contribution in [0.1, 0.15) is 32.4 Å². The third-order valence-corrected chi connectivity index (χ3v) is 2.57. The van der Waals surface area contributed by atoms with Crippen molar-refractivity contribution in [3.8, 4) is 0 Å². The van der Waals surface area contributed by atoms with Crippen molar-refractivity contribution in [2.24, 2.45) is 0 Å².